The van der Waals surface area contributed by atoms with Crippen LogP contribution in [0.5, 0.6) is 17.2 Å². The van der Waals surface area contributed by atoms with Crippen LogP contribution in [0.2, 0.25) is 0 Å². The number of amides is 1. The third-order valence-electron chi connectivity index (χ3n) is 4.41. The van der Waals surface area contributed by atoms with Crippen molar-refractivity contribution in [3.8, 4) is 17.2 Å². The summed E-state index contributed by atoms with van der Waals surface area (Å²) < 4.78 is 42.0. The highest BCUT2D eigenvalue weighted by molar-refractivity contribution is 7.92. The number of ether oxygens (including phenoxy) is 3. The lowest BCUT2D eigenvalue weighted by Gasteiger charge is -2.34. The minimum atomic E-state index is -3.55. The van der Waals surface area contributed by atoms with Crippen molar-refractivity contribution in [1.82, 2.24) is 5.32 Å². The van der Waals surface area contributed by atoms with Crippen molar-refractivity contribution in [1.29, 1.82) is 0 Å². The van der Waals surface area contributed by atoms with Gasteiger partial charge < -0.3 is 19.5 Å². The molecule has 2 aromatic carbocycles. The molecule has 1 aliphatic heterocycles. The van der Waals surface area contributed by atoms with E-state index in [-0.39, 0.29) is 19.7 Å². The molecule has 0 aliphatic carbocycles. The number of fused-ring (bicyclic) bond motifs is 1. The largest absolute Gasteiger partial charge is 0.497 e. The Morgan fingerprint density at radius 3 is 2.55 bits per heavy atom. The molecule has 9 heteroatoms. The summed E-state index contributed by atoms with van der Waals surface area (Å²) in [6.07, 6.45) is 0.166. The van der Waals surface area contributed by atoms with E-state index >= 15 is 0 Å². The van der Waals surface area contributed by atoms with Crippen molar-refractivity contribution < 1.29 is 27.4 Å². The third-order valence-corrected chi connectivity index (χ3v) is 5.55. The third kappa shape index (κ3) is 5.11. The van der Waals surface area contributed by atoms with Gasteiger partial charge in [0, 0.05) is 0 Å². The van der Waals surface area contributed by atoms with Gasteiger partial charge in [-0.25, -0.2) is 8.42 Å². The molecule has 8 nitrogen and oxygen atoms in total. The molecule has 1 N–H and O–H groups in total. The Hall–Kier alpha value is -2.94. The van der Waals surface area contributed by atoms with E-state index in [1.165, 1.54) is 4.31 Å². The van der Waals surface area contributed by atoms with Gasteiger partial charge in [-0.05, 0) is 48.9 Å². The van der Waals surface area contributed by atoms with Crippen LogP contribution < -0.4 is 23.8 Å². The molecule has 0 radical (unpaired) electrons. The fourth-order valence-electron chi connectivity index (χ4n) is 2.94. The standard InChI is InChI=1S/C20H24N2O6S/c1-14-4-9-17-18(12-14)28-19(13-22(17)29(3,24)25)20(23)21-10-11-27-16-7-5-15(26-2)6-8-16/h4-9,12,19H,10-11,13H2,1-3H3,(H,21,23)/t19-/m0/s1. The van der Waals surface area contributed by atoms with Crippen molar-refractivity contribution in [3.05, 3.63) is 48.0 Å². The fraction of sp³-hybridized carbons (Fsp3) is 0.350. The summed E-state index contributed by atoms with van der Waals surface area (Å²) in [5.74, 6) is 1.35. The molecule has 0 bridgehead atoms. The van der Waals surface area contributed by atoms with Crippen LogP contribution in [-0.4, -0.2) is 53.5 Å². The van der Waals surface area contributed by atoms with E-state index in [4.69, 9.17) is 14.2 Å². The van der Waals surface area contributed by atoms with Crippen LogP contribution in [0.15, 0.2) is 42.5 Å². The molecule has 1 amide bonds. The molecular weight excluding hydrogens is 396 g/mol. The highest BCUT2D eigenvalue weighted by Crippen LogP contribution is 2.35. The van der Waals surface area contributed by atoms with Gasteiger partial charge in [0.2, 0.25) is 10.0 Å². The van der Waals surface area contributed by atoms with Gasteiger partial charge in [-0.2, -0.15) is 0 Å². The van der Waals surface area contributed by atoms with Crippen LogP contribution in [0.3, 0.4) is 0 Å². The highest BCUT2D eigenvalue weighted by atomic mass is 32.2. The molecule has 0 aromatic heterocycles. The monoisotopic (exact) mass is 420 g/mol. The van der Waals surface area contributed by atoms with Crippen molar-refractivity contribution in [3.63, 3.8) is 0 Å². The van der Waals surface area contributed by atoms with Gasteiger partial charge in [0.1, 0.15) is 23.9 Å². The highest BCUT2D eigenvalue weighted by Gasteiger charge is 2.34. The number of benzene rings is 2. The van der Waals surface area contributed by atoms with E-state index in [2.05, 4.69) is 5.32 Å². The lowest BCUT2D eigenvalue weighted by Crippen LogP contribution is -2.51. The van der Waals surface area contributed by atoms with Crippen LogP contribution in [0.4, 0.5) is 5.69 Å². The van der Waals surface area contributed by atoms with Gasteiger partial charge in [0.15, 0.2) is 6.10 Å². The molecule has 29 heavy (non-hydrogen) atoms. The second-order valence-electron chi connectivity index (χ2n) is 6.69. The first kappa shape index (κ1) is 20.8. The van der Waals surface area contributed by atoms with E-state index in [0.717, 1.165) is 17.6 Å². The maximum absolute atomic E-state index is 12.5. The topological polar surface area (TPSA) is 94.2 Å². The molecule has 0 saturated carbocycles. The molecule has 0 fully saturated rings. The first-order valence-corrected chi connectivity index (χ1v) is 10.9. The number of rotatable bonds is 7. The van der Waals surface area contributed by atoms with Gasteiger partial charge in [-0.1, -0.05) is 6.07 Å². The van der Waals surface area contributed by atoms with Crippen LogP contribution in [0, 0.1) is 6.92 Å². The Kier molecular flexibility index (Phi) is 6.17. The molecule has 0 spiro atoms. The summed E-state index contributed by atoms with van der Waals surface area (Å²) in [6, 6.07) is 12.3. The number of carbonyl (C=O) groups excluding carboxylic acids is 1. The Bertz CT molecular complexity index is 975. The SMILES string of the molecule is COc1ccc(OCCNC(=O)[C@@H]2CN(S(C)(=O)=O)c3ccc(C)cc3O2)cc1. The first-order valence-electron chi connectivity index (χ1n) is 9.07. The summed E-state index contributed by atoms with van der Waals surface area (Å²) in [5, 5.41) is 2.73. The van der Waals surface area contributed by atoms with Gasteiger partial charge in [0.05, 0.1) is 32.1 Å². The van der Waals surface area contributed by atoms with Crippen molar-refractivity contribution >= 4 is 21.6 Å². The molecule has 0 saturated heterocycles. The van der Waals surface area contributed by atoms with Crippen molar-refractivity contribution in [2.75, 3.05) is 37.4 Å². The quantitative estimate of drug-likeness (QED) is 0.686. The maximum Gasteiger partial charge on any atom is 0.263 e. The van der Waals surface area contributed by atoms with Crippen LogP contribution in [-0.2, 0) is 14.8 Å². The Morgan fingerprint density at radius 1 is 1.21 bits per heavy atom. The summed E-state index contributed by atoms with van der Waals surface area (Å²) in [5.41, 5.74) is 1.34. The molecular formula is C20H24N2O6S. The van der Waals surface area contributed by atoms with Crippen molar-refractivity contribution in [2.45, 2.75) is 13.0 Å². The average Bonchev–Trinajstić information content (AvgIpc) is 2.69. The number of hydrogen-bond donors (Lipinski definition) is 1. The molecule has 0 unspecified atom stereocenters. The van der Waals surface area contributed by atoms with Crippen LogP contribution in [0.25, 0.3) is 0 Å². The summed E-state index contributed by atoms with van der Waals surface area (Å²) in [7, 11) is -1.96. The Labute approximate surface area is 170 Å². The van der Waals surface area contributed by atoms with Gasteiger partial charge in [-0.3, -0.25) is 9.10 Å². The molecule has 156 valence electrons. The molecule has 2 aromatic rings. The van der Waals surface area contributed by atoms with E-state index in [1.807, 2.05) is 6.92 Å². The van der Waals surface area contributed by atoms with E-state index in [9.17, 15) is 13.2 Å². The zero-order valence-electron chi connectivity index (χ0n) is 16.5. The van der Waals surface area contributed by atoms with Gasteiger partial charge in [-0.15, -0.1) is 0 Å². The number of nitrogens with one attached hydrogen (secondary N) is 1. The predicted molar refractivity (Wildman–Crippen MR) is 109 cm³/mol. The average molecular weight is 420 g/mol. The van der Waals surface area contributed by atoms with Gasteiger partial charge in [0.25, 0.3) is 5.91 Å². The van der Waals surface area contributed by atoms with Crippen molar-refractivity contribution in [2.24, 2.45) is 0 Å². The Morgan fingerprint density at radius 2 is 1.90 bits per heavy atom. The van der Waals surface area contributed by atoms with E-state index in [0.29, 0.717) is 17.2 Å². The minimum absolute atomic E-state index is 0.0833. The summed E-state index contributed by atoms with van der Waals surface area (Å²) >= 11 is 0. The number of methoxy groups -OCH3 is 1. The molecule has 1 aliphatic rings. The second kappa shape index (κ2) is 8.60. The fourth-order valence-corrected chi connectivity index (χ4v) is 3.85. The first-order chi connectivity index (χ1) is 13.8. The lowest BCUT2D eigenvalue weighted by atomic mass is 10.1. The zero-order valence-corrected chi connectivity index (χ0v) is 17.4. The second-order valence-corrected chi connectivity index (χ2v) is 8.59. The number of carbonyl (C=O) groups is 1. The Balaban J connectivity index is 1.59. The smallest absolute Gasteiger partial charge is 0.263 e. The van der Waals surface area contributed by atoms with Crippen LogP contribution >= 0.6 is 0 Å². The predicted octanol–water partition coefficient (Wildman–Crippen LogP) is 1.73. The zero-order chi connectivity index (χ0) is 21.0. The van der Waals surface area contributed by atoms with Crippen LogP contribution in [0.1, 0.15) is 5.56 Å². The number of hydrogen-bond acceptors (Lipinski definition) is 6. The lowest BCUT2D eigenvalue weighted by molar-refractivity contribution is -0.127. The minimum Gasteiger partial charge on any atom is -0.497 e. The van der Waals surface area contributed by atoms with E-state index in [1.54, 1.807) is 49.6 Å². The van der Waals surface area contributed by atoms with E-state index < -0.39 is 22.0 Å². The number of sulfonamides is 1. The summed E-state index contributed by atoms with van der Waals surface area (Å²) in [6.45, 7) is 2.30. The molecule has 3 rings (SSSR count). The summed E-state index contributed by atoms with van der Waals surface area (Å²) in [4.78, 5) is 12.5. The molecule has 1 heterocycles. The number of nitrogens with zero attached hydrogens (tertiary/aromatic N) is 1. The number of aryl methyl sites for hydroxylation is 1. The van der Waals surface area contributed by atoms with Gasteiger partial charge >= 0.3 is 0 Å². The molecule has 1 atom stereocenters. The maximum atomic E-state index is 12.5. The number of anilines is 1. The normalized spacial score (nSPS) is 15.8.